The monoisotopic (exact) mass is 281 g/mol. The van der Waals surface area contributed by atoms with E-state index in [1.807, 2.05) is 0 Å². The van der Waals surface area contributed by atoms with Gasteiger partial charge in [-0.3, -0.25) is 9.59 Å². The van der Waals surface area contributed by atoms with Crippen LogP contribution in [0.3, 0.4) is 0 Å². The molecule has 0 radical (unpaired) electrons. The van der Waals surface area contributed by atoms with Crippen LogP contribution in [-0.4, -0.2) is 27.5 Å². The summed E-state index contributed by atoms with van der Waals surface area (Å²) in [5.74, 6) is 0.384. The molecule has 0 atom stereocenters. The van der Waals surface area contributed by atoms with E-state index in [1.165, 1.54) is 11.3 Å². The van der Waals surface area contributed by atoms with E-state index in [0.717, 1.165) is 5.01 Å². The Morgan fingerprint density at radius 2 is 2.21 bits per heavy atom. The highest BCUT2D eigenvalue weighted by Gasteiger charge is 2.10. The number of fused-ring (bicyclic) bond motifs is 1. The van der Waals surface area contributed by atoms with E-state index in [2.05, 4.69) is 15.0 Å². The summed E-state index contributed by atoms with van der Waals surface area (Å²) in [6.45, 7) is 3.92. The normalized spacial score (nSPS) is 10.8. The number of rotatable bonds is 5. The van der Waals surface area contributed by atoms with Crippen molar-refractivity contribution in [2.45, 2.75) is 33.1 Å². The molecule has 0 spiro atoms. The summed E-state index contributed by atoms with van der Waals surface area (Å²) in [6, 6.07) is 0. The summed E-state index contributed by atoms with van der Waals surface area (Å²) < 4.78 is 4.85. The van der Waals surface area contributed by atoms with E-state index in [9.17, 15) is 9.59 Å². The van der Waals surface area contributed by atoms with Crippen LogP contribution in [0.5, 0.6) is 0 Å². The standard InChI is InChI=1S/C12H15N3O3S/c1-3-18-9(16)6-4-5-8-15-10-11(17)13-7(2)14-12(10)19-8/h3-6H2,1-2H3,(H,13,14,17). The largest absolute Gasteiger partial charge is 0.466 e. The minimum atomic E-state index is -0.213. The van der Waals surface area contributed by atoms with Gasteiger partial charge in [0.25, 0.3) is 5.56 Å². The van der Waals surface area contributed by atoms with Gasteiger partial charge in [0.1, 0.15) is 5.82 Å². The zero-order chi connectivity index (χ0) is 13.8. The fraction of sp³-hybridized carbons (Fsp3) is 0.500. The lowest BCUT2D eigenvalue weighted by atomic mass is 10.2. The molecule has 0 amide bonds. The van der Waals surface area contributed by atoms with Gasteiger partial charge in [0.05, 0.1) is 11.6 Å². The molecule has 2 rings (SSSR count). The van der Waals surface area contributed by atoms with Gasteiger partial charge in [-0.1, -0.05) is 11.3 Å². The number of ether oxygens (including phenoxy) is 1. The smallest absolute Gasteiger partial charge is 0.305 e. The van der Waals surface area contributed by atoms with Crippen LogP contribution in [0.25, 0.3) is 10.3 Å². The number of aromatic amines is 1. The molecule has 1 N–H and O–H groups in total. The third-order valence-corrected chi connectivity index (χ3v) is 3.52. The number of aryl methyl sites for hydroxylation is 2. The van der Waals surface area contributed by atoms with Crippen molar-refractivity contribution in [2.75, 3.05) is 6.61 Å². The minimum absolute atomic E-state index is 0.199. The molecule has 0 aromatic carbocycles. The van der Waals surface area contributed by atoms with Gasteiger partial charge in [-0.25, -0.2) is 9.97 Å². The molecule has 2 heterocycles. The summed E-state index contributed by atoms with van der Waals surface area (Å²) in [4.78, 5) is 34.6. The van der Waals surface area contributed by atoms with Gasteiger partial charge in [-0.05, 0) is 26.7 Å². The van der Waals surface area contributed by atoms with Gasteiger partial charge in [0.2, 0.25) is 0 Å². The number of carbonyl (C=O) groups excluding carboxylic acids is 1. The Balaban J connectivity index is 2.04. The van der Waals surface area contributed by atoms with Crippen molar-refractivity contribution in [2.24, 2.45) is 0 Å². The molecule has 7 heteroatoms. The summed E-state index contributed by atoms with van der Waals surface area (Å²) in [7, 11) is 0. The molecule has 0 bridgehead atoms. The lowest BCUT2D eigenvalue weighted by Gasteiger charge is -1.99. The first-order chi connectivity index (χ1) is 9.10. The van der Waals surface area contributed by atoms with Crippen LogP contribution in [-0.2, 0) is 16.0 Å². The number of hydrogen-bond donors (Lipinski definition) is 1. The number of nitrogens with one attached hydrogen (secondary N) is 1. The molecule has 0 aliphatic carbocycles. The van der Waals surface area contributed by atoms with E-state index in [4.69, 9.17) is 4.74 Å². The van der Waals surface area contributed by atoms with Crippen molar-refractivity contribution in [3.05, 3.63) is 21.2 Å². The maximum absolute atomic E-state index is 11.7. The Kier molecular flexibility index (Phi) is 4.26. The maximum atomic E-state index is 11.7. The predicted octanol–water partition coefficient (Wildman–Crippen LogP) is 1.57. The van der Waals surface area contributed by atoms with Gasteiger partial charge in [0.15, 0.2) is 10.3 Å². The number of hydrogen-bond acceptors (Lipinski definition) is 6. The fourth-order valence-corrected chi connectivity index (χ4v) is 2.73. The molecule has 102 valence electrons. The van der Waals surface area contributed by atoms with E-state index in [1.54, 1.807) is 13.8 Å². The van der Waals surface area contributed by atoms with Crippen molar-refractivity contribution < 1.29 is 9.53 Å². The SMILES string of the molecule is CCOC(=O)CCCc1nc2c(=O)[nH]c(C)nc2s1. The van der Waals surface area contributed by atoms with E-state index in [0.29, 0.717) is 42.0 Å². The summed E-state index contributed by atoms with van der Waals surface area (Å²) >= 11 is 1.40. The molecule has 0 saturated heterocycles. The molecule has 19 heavy (non-hydrogen) atoms. The average Bonchev–Trinajstić information content (AvgIpc) is 2.72. The predicted molar refractivity (Wildman–Crippen MR) is 72.3 cm³/mol. The quantitative estimate of drug-likeness (QED) is 0.841. The van der Waals surface area contributed by atoms with Gasteiger partial charge < -0.3 is 9.72 Å². The molecule has 6 nitrogen and oxygen atoms in total. The van der Waals surface area contributed by atoms with Crippen LogP contribution in [0.1, 0.15) is 30.6 Å². The molecular weight excluding hydrogens is 266 g/mol. The van der Waals surface area contributed by atoms with Crippen LogP contribution in [0, 0.1) is 6.92 Å². The van der Waals surface area contributed by atoms with Crippen molar-refractivity contribution in [1.82, 2.24) is 15.0 Å². The lowest BCUT2D eigenvalue weighted by Crippen LogP contribution is -2.09. The van der Waals surface area contributed by atoms with Crippen LogP contribution >= 0.6 is 11.3 Å². The first kappa shape index (κ1) is 13.7. The highest BCUT2D eigenvalue weighted by molar-refractivity contribution is 7.18. The van der Waals surface area contributed by atoms with Crippen LogP contribution in [0.4, 0.5) is 0 Å². The Labute approximate surface area is 113 Å². The molecular formula is C12H15N3O3S. The molecule has 2 aromatic heterocycles. The number of nitrogens with zero attached hydrogens (tertiary/aromatic N) is 2. The maximum Gasteiger partial charge on any atom is 0.305 e. The lowest BCUT2D eigenvalue weighted by molar-refractivity contribution is -0.143. The molecule has 0 saturated carbocycles. The van der Waals surface area contributed by atoms with Crippen LogP contribution in [0.2, 0.25) is 0 Å². The minimum Gasteiger partial charge on any atom is -0.466 e. The van der Waals surface area contributed by atoms with Crippen LogP contribution in [0.15, 0.2) is 4.79 Å². The Bertz CT molecular complexity index is 647. The number of H-pyrrole nitrogens is 1. The zero-order valence-corrected chi connectivity index (χ0v) is 11.7. The fourth-order valence-electron chi connectivity index (χ4n) is 1.71. The van der Waals surface area contributed by atoms with Crippen molar-refractivity contribution in [1.29, 1.82) is 0 Å². The van der Waals surface area contributed by atoms with Gasteiger partial charge in [0, 0.05) is 6.42 Å². The third kappa shape index (κ3) is 3.37. The average molecular weight is 281 g/mol. The first-order valence-electron chi connectivity index (χ1n) is 6.12. The zero-order valence-electron chi connectivity index (χ0n) is 10.9. The highest BCUT2D eigenvalue weighted by atomic mass is 32.1. The number of thiazole rings is 1. The topological polar surface area (TPSA) is 84.9 Å². The second kappa shape index (κ2) is 5.92. The number of aromatic nitrogens is 3. The van der Waals surface area contributed by atoms with Gasteiger partial charge in [-0.15, -0.1) is 0 Å². The summed E-state index contributed by atoms with van der Waals surface area (Å²) in [6.07, 6.45) is 1.68. The van der Waals surface area contributed by atoms with E-state index < -0.39 is 0 Å². The van der Waals surface area contributed by atoms with Crippen molar-refractivity contribution in [3.63, 3.8) is 0 Å². The highest BCUT2D eigenvalue weighted by Crippen LogP contribution is 2.18. The second-order valence-electron chi connectivity index (χ2n) is 4.07. The van der Waals surface area contributed by atoms with Crippen molar-refractivity contribution in [3.8, 4) is 0 Å². The first-order valence-corrected chi connectivity index (χ1v) is 6.93. The molecule has 0 aliphatic heterocycles. The molecule has 0 unspecified atom stereocenters. The molecule has 0 fully saturated rings. The van der Waals surface area contributed by atoms with E-state index in [-0.39, 0.29) is 11.5 Å². The number of carbonyl (C=O) groups is 1. The van der Waals surface area contributed by atoms with Gasteiger partial charge >= 0.3 is 5.97 Å². The summed E-state index contributed by atoms with van der Waals surface area (Å²) in [5, 5.41) is 0.822. The van der Waals surface area contributed by atoms with Gasteiger partial charge in [-0.2, -0.15) is 0 Å². The van der Waals surface area contributed by atoms with Crippen LogP contribution < -0.4 is 5.56 Å². The summed E-state index contributed by atoms with van der Waals surface area (Å²) in [5.41, 5.74) is 0.164. The second-order valence-corrected chi connectivity index (χ2v) is 5.13. The Morgan fingerprint density at radius 3 is 2.95 bits per heavy atom. The van der Waals surface area contributed by atoms with Crippen molar-refractivity contribution >= 4 is 27.7 Å². The molecule has 0 aliphatic rings. The molecule has 2 aromatic rings. The Morgan fingerprint density at radius 1 is 1.42 bits per heavy atom. The third-order valence-electron chi connectivity index (χ3n) is 2.51. The number of esters is 1. The Hall–Kier alpha value is -1.76. The van der Waals surface area contributed by atoms with E-state index >= 15 is 0 Å².